The second-order valence-corrected chi connectivity index (χ2v) is 5.79. The van der Waals surface area contributed by atoms with E-state index in [1.54, 1.807) is 24.3 Å². The minimum Gasteiger partial charge on any atom is -0.493 e. The highest BCUT2D eigenvalue weighted by atomic mass is 16.5. The molecule has 0 aliphatic carbocycles. The van der Waals surface area contributed by atoms with Crippen molar-refractivity contribution in [2.24, 2.45) is 5.92 Å². The van der Waals surface area contributed by atoms with Crippen molar-refractivity contribution in [3.8, 4) is 5.75 Å². The van der Waals surface area contributed by atoms with Crippen molar-refractivity contribution in [2.75, 3.05) is 13.2 Å². The van der Waals surface area contributed by atoms with E-state index in [0.717, 1.165) is 0 Å². The molecular formula is C18H20N2O6. The third kappa shape index (κ3) is 5.97. The van der Waals surface area contributed by atoms with E-state index in [1.165, 1.54) is 18.4 Å². The summed E-state index contributed by atoms with van der Waals surface area (Å²) in [7, 11) is 0. The summed E-state index contributed by atoms with van der Waals surface area (Å²) in [6, 6.07) is 9.47. The Balaban J connectivity index is 1.77. The number of carbonyl (C=O) groups excluding carboxylic acids is 3. The Bertz CT molecular complexity index is 755. The lowest BCUT2D eigenvalue weighted by molar-refractivity contribution is -0.125. The van der Waals surface area contributed by atoms with Crippen LogP contribution in [0.2, 0.25) is 0 Å². The highest BCUT2D eigenvalue weighted by molar-refractivity contribution is 5.94. The van der Waals surface area contributed by atoms with Gasteiger partial charge < -0.3 is 13.9 Å². The number of rotatable bonds is 7. The van der Waals surface area contributed by atoms with Crippen LogP contribution in [0.15, 0.2) is 47.1 Å². The summed E-state index contributed by atoms with van der Waals surface area (Å²) in [5, 5.41) is 0. The number of esters is 1. The van der Waals surface area contributed by atoms with E-state index in [9.17, 15) is 14.4 Å². The highest BCUT2D eigenvalue weighted by Gasteiger charge is 2.13. The predicted molar refractivity (Wildman–Crippen MR) is 91.4 cm³/mol. The number of ether oxygens (including phenoxy) is 2. The van der Waals surface area contributed by atoms with Crippen molar-refractivity contribution < 1.29 is 28.3 Å². The summed E-state index contributed by atoms with van der Waals surface area (Å²) in [5.41, 5.74) is 4.53. The van der Waals surface area contributed by atoms with E-state index in [0.29, 0.717) is 18.3 Å². The van der Waals surface area contributed by atoms with Crippen molar-refractivity contribution in [2.45, 2.75) is 13.8 Å². The maximum Gasteiger partial charge on any atom is 0.338 e. The van der Waals surface area contributed by atoms with Gasteiger partial charge in [-0.3, -0.25) is 20.4 Å². The van der Waals surface area contributed by atoms with Gasteiger partial charge in [0.2, 0.25) is 0 Å². The lowest BCUT2D eigenvalue weighted by Gasteiger charge is -2.10. The minimum absolute atomic E-state index is 0.0421. The SMILES string of the molecule is CC(C)COc1cccc(C(=O)OCC(=O)NNC(=O)c2ccco2)c1. The maximum absolute atomic E-state index is 12.0. The second kappa shape index (κ2) is 9.26. The molecule has 0 bridgehead atoms. The van der Waals surface area contributed by atoms with Gasteiger partial charge in [0.1, 0.15) is 5.75 Å². The van der Waals surface area contributed by atoms with Crippen LogP contribution in [0.3, 0.4) is 0 Å². The monoisotopic (exact) mass is 360 g/mol. The lowest BCUT2D eigenvalue weighted by atomic mass is 10.2. The number of nitrogens with one attached hydrogen (secondary N) is 2. The average molecular weight is 360 g/mol. The number of hydrogen-bond donors (Lipinski definition) is 2. The summed E-state index contributed by atoms with van der Waals surface area (Å²) in [5.74, 6) is -1.04. The van der Waals surface area contributed by atoms with Crippen LogP contribution >= 0.6 is 0 Å². The zero-order chi connectivity index (χ0) is 18.9. The Morgan fingerprint density at radius 2 is 1.92 bits per heavy atom. The van der Waals surface area contributed by atoms with Gasteiger partial charge in [0.15, 0.2) is 12.4 Å². The summed E-state index contributed by atoms with van der Waals surface area (Å²) in [4.78, 5) is 35.2. The third-order valence-electron chi connectivity index (χ3n) is 3.05. The summed E-state index contributed by atoms with van der Waals surface area (Å²) < 4.78 is 15.3. The number of benzene rings is 1. The molecule has 8 nitrogen and oxygen atoms in total. The molecule has 0 aliphatic rings. The van der Waals surface area contributed by atoms with Crippen LogP contribution in [0.4, 0.5) is 0 Å². The average Bonchev–Trinajstić information content (AvgIpc) is 3.17. The van der Waals surface area contributed by atoms with Crippen LogP contribution in [0.5, 0.6) is 5.75 Å². The maximum atomic E-state index is 12.0. The molecule has 0 saturated carbocycles. The molecule has 1 aromatic heterocycles. The molecule has 0 atom stereocenters. The summed E-state index contributed by atoms with van der Waals surface area (Å²) in [6.45, 7) is 4.01. The van der Waals surface area contributed by atoms with Crippen LogP contribution in [0.1, 0.15) is 34.8 Å². The Kier molecular flexibility index (Phi) is 6.78. The van der Waals surface area contributed by atoms with Crippen LogP contribution in [-0.2, 0) is 9.53 Å². The Morgan fingerprint density at radius 1 is 1.12 bits per heavy atom. The molecule has 2 aromatic rings. The smallest absolute Gasteiger partial charge is 0.338 e. The Morgan fingerprint density at radius 3 is 2.62 bits per heavy atom. The number of hydrazine groups is 1. The second-order valence-electron chi connectivity index (χ2n) is 5.79. The normalized spacial score (nSPS) is 10.3. The third-order valence-corrected chi connectivity index (χ3v) is 3.05. The van der Waals surface area contributed by atoms with Crippen molar-refractivity contribution in [3.05, 3.63) is 54.0 Å². The van der Waals surface area contributed by atoms with Crippen LogP contribution in [0.25, 0.3) is 0 Å². The van der Waals surface area contributed by atoms with Gasteiger partial charge in [-0.05, 0) is 36.2 Å². The van der Waals surface area contributed by atoms with Gasteiger partial charge in [0.25, 0.3) is 5.91 Å². The molecule has 2 N–H and O–H groups in total. The molecule has 2 rings (SSSR count). The standard InChI is InChI=1S/C18H20N2O6/c1-12(2)10-25-14-6-3-5-13(9-14)18(23)26-11-16(21)19-20-17(22)15-7-4-8-24-15/h3-9,12H,10-11H2,1-2H3,(H,19,21)(H,20,22). The van der Waals surface area contributed by atoms with Gasteiger partial charge in [-0.1, -0.05) is 19.9 Å². The lowest BCUT2D eigenvalue weighted by Crippen LogP contribution is -2.43. The van der Waals surface area contributed by atoms with E-state index in [-0.39, 0.29) is 11.3 Å². The molecule has 0 spiro atoms. The van der Waals surface area contributed by atoms with Crippen molar-refractivity contribution in [3.63, 3.8) is 0 Å². The first-order chi connectivity index (χ1) is 12.5. The molecule has 0 radical (unpaired) electrons. The molecule has 0 aliphatic heterocycles. The Hall–Kier alpha value is -3.29. The molecule has 0 unspecified atom stereocenters. The molecule has 8 heteroatoms. The first kappa shape index (κ1) is 19.0. The number of hydrogen-bond acceptors (Lipinski definition) is 6. The first-order valence-electron chi connectivity index (χ1n) is 7.98. The van der Waals surface area contributed by atoms with E-state index in [1.807, 2.05) is 13.8 Å². The molecular weight excluding hydrogens is 340 g/mol. The van der Waals surface area contributed by atoms with Crippen LogP contribution in [0, 0.1) is 5.92 Å². The molecule has 138 valence electrons. The predicted octanol–water partition coefficient (Wildman–Crippen LogP) is 1.93. The fourth-order valence-corrected chi connectivity index (χ4v) is 1.82. The zero-order valence-electron chi connectivity index (χ0n) is 14.5. The van der Waals surface area contributed by atoms with Gasteiger partial charge >= 0.3 is 11.9 Å². The van der Waals surface area contributed by atoms with Crippen LogP contribution in [-0.4, -0.2) is 31.0 Å². The van der Waals surface area contributed by atoms with Gasteiger partial charge in [-0.25, -0.2) is 4.79 Å². The fourth-order valence-electron chi connectivity index (χ4n) is 1.82. The van der Waals surface area contributed by atoms with Crippen molar-refractivity contribution in [1.29, 1.82) is 0 Å². The Labute approximate surface area is 150 Å². The molecule has 1 heterocycles. The first-order valence-corrected chi connectivity index (χ1v) is 7.98. The molecule has 1 aromatic carbocycles. The molecule has 2 amide bonds. The summed E-state index contributed by atoms with van der Waals surface area (Å²) >= 11 is 0. The van der Waals surface area contributed by atoms with Gasteiger partial charge in [-0.15, -0.1) is 0 Å². The van der Waals surface area contributed by atoms with Crippen LogP contribution < -0.4 is 15.6 Å². The van der Waals surface area contributed by atoms with Crippen molar-refractivity contribution >= 4 is 17.8 Å². The minimum atomic E-state index is -0.689. The fraction of sp³-hybridized carbons (Fsp3) is 0.278. The van der Waals surface area contributed by atoms with E-state index in [4.69, 9.17) is 13.9 Å². The van der Waals surface area contributed by atoms with Gasteiger partial charge in [0.05, 0.1) is 18.4 Å². The molecule has 0 saturated heterocycles. The summed E-state index contributed by atoms with van der Waals surface area (Å²) in [6.07, 6.45) is 1.33. The van der Waals surface area contributed by atoms with E-state index >= 15 is 0 Å². The zero-order valence-corrected chi connectivity index (χ0v) is 14.5. The number of furan rings is 1. The topological polar surface area (TPSA) is 107 Å². The molecule has 26 heavy (non-hydrogen) atoms. The van der Waals surface area contributed by atoms with Gasteiger partial charge in [-0.2, -0.15) is 0 Å². The number of carbonyl (C=O) groups is 3. The largest absolute Gasteiger partial charge is 0.493 e. The quantitative estimate of drug-likeness (QED) is 0.577. The number of amides is 2. The molecule has 0 fully saturated rings. The highest BCUT2D eigenvalue weighted by Crippen LogP contribution is 2.15. The van der Waals surface area contributed by atoms with Crippen molar-refractivity contribution in [1.82, 2.24) is 10.9 Å². The van der Waals surface area contributed by atoms with E-state index < -0.39 is 24.4 Å². The van der Waals surface area contributed by atoms with E-state index in [2.05, 4.69) is 10.9 Å². The van der Waals surface area contributed by atoms with Gasteiger partial charge in [0, 0.05) is 0 Å².